The van der Waals surface area contributed by atoms with Crippen molar-refractivity contribution in [1.29, 1.82) is 0 Å². The number of amides is 1. The molecule has 23 heavy (non-hydrogen) atoms. The molecule has 2 heterocycles. The Bertz CT molecular complexity index is 585. The van der Waals surface area contributed by atoms with Gasteiger partial charge in [-0.25, -0.2) is 4.79 Å². The monoisotopic (exact) mass is 340 g/mol. The van der Waals surface area contributed by atoms with Crippen LogP contribution in [0.2, 0.25) is 0 Å². The van der Waals surface area contributed by atoms with Gasteiger partial charge in [-0.15, -0.1) is 11.3 Å². The van der Waals surface area contributed by atoms with Gasteiger partial charge in [-0.05, 0) is 38.7 Å². The molecule has 7 heteroatoms. The van der Waals surface area contributed by atoms with Crippen LogP contribution in [0.1, 0.15) is 47.5 Å². The van der Waals surface area contributed by atoms with E-state index in [4.69, 9.17) is 15.2 Å². The second kappa shape index (κ2) is 7.90. The molecule has 1 aromatic rings. The van der Waals surface area contributed by atoms with Crippen LogP contribution in [0, 0.1) is 6.92 Å². The summed E-state index contributed by atoms with van der Waals surface area (Å²) in [5.41, 5.74) is 6.97. The van der Waals surface area contributed by atoms with Gasteiger partial charge in [-0.1, -0.05) is 6.92 Å². The molecule has 1 aliphatic heterocycles. The molecule has 0 radical (unpaired) electrons. The predicted octanol–water partition coefficient (Wildman–Crippen LogP) is 2.24. The highest BCUT2D eigenvalue weighted by molar-refractivity contribution is 7.16. The van der Waals surface area contributed by atoms with Crippen LogP contribution in [0.4, 0.5) is 5.00 Å². The normalized spacial score (nSPS) is 20.5. The number of aryl methyl sites for hydroxylation is 1. The van der Waals surface area contributed by atoms with E-state index in [-0.39, 0.29) is 12.0 Å². The van der Waals surface area contributed by atoms with Crippen molar-refractivity contribution in [3.05, 3.63) is 16.0 Å². The number of hydrogen-bond donors (Lipinski definition) is 2. The van der Waals surface area contributed by atoms with Gasteiger partial charge in [0.15, 0.2) is 0 Å². The summed E-state index contributed by atoms with van der Waals surface area (Å²) in [6.07, 6.45) is 1.57. The van der Waals surface area contributed by atoms with Gasteiger partial charge in [0.1, 0.15) is 11.1 Å². The molecule has 0 aliphatic carbocycles. The van der Waals surface area contributed by atoms with E-state index < -0.39 is 12.1 Å². The van der Waals surface area contributed by atoms with Gasteiger partial charge in [0.05, 0.1) is 18.3 Å². The Kier molecular flexibility index (Phi) is 6.15. The highest BCUT2D eigenvalue weighted by Crippen LogP contribution is 2.34. The number of anilines is 1. The van der Waals surface area contributed by atoms with Crippen LogP contribution in [-0.2, 0) is 20.7 Å². The van der Waals surface area contributed by atoms with Gasteiger partial charge in [-0.3, -0.25) is 4.79 Å². The second-order valence-corrected chi connectivity index (χ2v) is 6.69. The lowest BCUT2D eigenvalue weighted by molar-refractivity contribution is -0.126. The Hall–Kier alpha value is -1.44. The van der Waals surface area contributed by atoms with Crippen LogP contribution in [-0.4, -0.2) is 37.2 Å². The number of carbonyl (C=O) groups is 2. The van der Waals surface area contributed by atoms with Crippen molar-refractivity contribution in [1.82, 2.24) is 0 Å². The van der Waals surface area contributed by atoms with Crippen molar-refractivity contribution < 1.29 is 19.1 Å². The van der Waals surface area contributed by atoms with E-state index in [0.29, 0.717) is 36.6 Å². The summed E-state index contributed by atoms with van der Waals surface area (Å²) >= 11 is 1.40. The number of ether oxygens (including phenoxy) is 2. The van der Waals surface area contributed by atoms with Crippen LogP contribution < -0.4 is 11.1 Å². The molecule has 3 N–H and O–H groups in total. The first-order chi connectivity index (χ1) is 11.0. The SMILES string of the molecule is CCOC(=O)c1c(NC(=O)[C@@H]2CC[C@H](CN)O2)sc(C)c1CC. The summed E-state index contributed by atoms with van der Waals surface area (Å²) in [5, 5.41) is 3.39. The fourth-order valence-corrected chi connectivity index (χ4v) is 3.91. The van der Waals surface area contributed by atoms with Crippen molar-refractivity contribution in [3.63, 3.8) is 0 Å². The first-order valence-electron chi connectivity index (χ1n) is 7.97. The van der Waals surface area contributed by atoms with E-state index in [1.165, 1.54) is 11.3 Å². The highest BCUT2D eigenvalue weighted by Gasteiger charge is 2.31. The van der Waals surface area contributed by atoms with Crippen molar-refractivity contribution >= 4 is 28.2 Å². The zero-order chi connectivity index (χ0) is 17.0. The summed E-state index contributed by atoms with van der Waals surface area (Å²) in [7, 11) is 0. The molecule has 0 aromatic carbocycles. The molecule has 1 aliphatic rings. The van der Waals surface area contributed by atoms with Crippen molar-refractivity contribution in [2.45, 2.75) is 52.2 Å². The van der Waals surface area contributed by atoms with Gasteiger partial charge >= 0.3 is 5.97 Å². The minimum absolute atomic E-state index is 0.0634. The van der Waals surface area contributed by atoms with Gasteiger partial charge in [-0.2, -0.15) is 0 Å². The third kappa shape index (κ3) is 3.91. The zero-order valence-electron chi connectivity index (χ0n) is 13.8. The summed E-state index contributed by atoms with van der Waals surface area (Å²) < 4.78 is 10.7. The average molecular weight is 340 g/mol. The van der Waals surface area contributed by atoms with E-state index >= 15 is 0 Å². The van der Waals surface area contributed by atoms with Crippen LogP contribution in [0.3, 0.4) is 0 Å². The highest BCUT2D eigenvalue weighted by atomic mass is 32.1. The van der Waals surface area contributed by atoms with Crippen molar-refractivity contribution in [2.75, 3.05) is 18.5 Å². The van der Waals surface area contributed by atoms with Crippen LogP contribution in [0.15, 0.2) is 0 Å². The lowest BCUT2D eigenvalue weighted by Gasteiger charge is -2.13. The van der Waals surface area contributed by atoms with E-state index in [2.05, 4.69) is 5.32 Å². The average Bonchev–Trinajstić information content (AvgIpc) is 3.11. The van der Waals surface area contributed by atoms with E-state index in [0.717, 1.165) is 16.9 Å². The summed E-state index contributed by atoms with van der Waals surface area (Å²) in [5.74, 6) is -0.619. The summed E-state index contributed by atoms with van der Waals surface area (Å²) in [6.45, 7) is 6.40. The standard InChI is InChI=1S/C16H24N2O4S/c1-4-11-9(3)23-15(13(11)16(20)21-5-2)18-14(19)12-7-6-10(8-17)22-12/h10,12H,4-8,17H2,1-3H3,(H,18,19)/t10-,12+/m1/s1. The summed E-state index contributed by atoms with van der Waals surface area (Å²) in [6, 6.07) is 0. The fraction of sp³-hybridized carbons (Fsp3) is 0.625. The summed E-state index contributed by atoms with van der Waals surface area (Å²) in [4.78, 5) is 25.7. The zero-order valence-corrected chi connectivity index (χ0v) is 14.6. The number of rotatable bonds is 6. The number of nitrogens with one attached hydrogen (secondary N) is 1. The maximum absolute atomic E-state index is 12.4. The van der Waals surface area contributed by atoms with E-state index in [1.54, 1.807) is 6.92 Å². The molecule has 0 bridgehead atoms. The molecule has 2 atom stereocenters. The number of esters is 1. The Labute approximate surface area is 140 Å². The molecular weight excluding hydrogens is 316 g/mol. The molecule has 1 fully saturated rings. The number of hydrogen-bond acceptors (Lipinski definition) is 6. The maximum Gasteiger partial charge on any atom is 0.341 e. The van der Waals surface area contributed by atoms with Crippen LogP contribution in [0.25, 0.3) is 0 Å². The quantitative estimate of drug-likeness (QED) is 0.775. The molecule has 1 aromatic heterocycles. The van der Waals surface area contributed by atoms with E-state index in [1.807, 2.05) is 13.8 Å². The minimum Gasteiger partial charge on any atom is -0.462 e. The topological polar surface area (TPSA) is 90.7 Å². The molecule has 1 saturated heterocycles. The number of carbonyl (C=O) groups excluding carboxylic acids is 2. The van der Waals surface area contributed by atoms with Gasteiger partial charge in [0, 0.05) is 11.4 Å². The number of nitrogens with two attached hydrogens (primary N) is 1. The first-order valence-corrected chi connectivity index (χ1v) is 8.79. The molecule has 128 valence electrons. The Morgan fingerprint density at radius 1 is 1.39 bits per heavy atom. The minimum atomic E-state index is -0.508. The third-order valence-corrected chi connectivity index (χ3v) is 5.00. The third-order valence-electron chi connectivity index (χ3n) is 3.94. The maximum atomic E-state index is 12.4. The molecule has 0 spiro atoms. The molecular formula is C16H24N2O4S. The molecule has 0 saturated carbocycles. The lowest BCUT2D eigenvalue weighted by Crippen LogP contribution is -2.30. The van der Waals surface area contributed by atoms with Crippen LogP contribution >= 0.6 is 11.3 Å². The van der Waals surface area contributed by atoms with E-state index in [9.17, 15) is 9.59 Å². The Morgan fingerprint density at radius 2 is 2.13 bits per heavy atom. The second-order valence-electron chi connectivity index (χ2n) is 5.46. The van der Waals surface area contributed by atoms with Crippen LogP contribution in [0.5, 0.6) is 0 Å². The van der Waals surface area contributed by atoms with Crippen molar-refractivity contribution in [3.8, 4) is 0 Å². The fourth-order valence-electron chi connectivity index (χ4n) is 2.78. The predicted molar refractivity (Wildman–Crippen MR) is 90.0 cm³/mol. The molecule has 0 unspecified atom stereocenters. The molecule has 2 rings (SSSR count). The van der Waals surface area contributed by atoms with Crippen molar-refractivity contribution in [2.24, 2.45) is 5.73 Å². The molecule has 6 nitrogen and oxygen atoms in total. The van der Waals surface area contributed by atoms with Gasteiger partial charge < -0.3 is 20.5 Å². The molecule has 1 amide bonds. The van der Waals surface area contributed by atoms with Gasteiger partial charge in [0.2, 0.25) is 0 Å². The first kappa shape index (κ1) is 17.9. The van der Waals surface area contributed by atoms with Gasteiger partial charge in [0.25, 0.3) is 5.91 Å². The smallest absolute Gasteiger partial charge is 0.341 e. The lowest BCUT2D eigenvalue weighted by atomic mass is 10.1. The number of thiophene rings is 1. The Morgan fingerprint density at radius 3 is 2.70 bits per heavy atom. The largest absolute Gasteiger partial charge is 0.462 e. The Balaban J connectivity index is 2.19.